The van der Waals surface area contributed by atoms with Crippen LogP contribution in [0.2, 0.25) is 0 Å². The van der Waals surface area contributed by atoms with Crippen molar-refractivity contribution < 1.29 is 23.8 Å². The minimum absolute atomic E-state index is 0.0846. The largest absolute Gasteiger partial charge is 0.493 e. The SMILES string of the molecule is COC(=O)C(C)CN(C(=O)c1ccc(OC)c(OC)c1)C1CCCCCC1. The number of hydrogen-bond donors (Lipinski definition) is 0. The highest BCUT2D eigenvalue weighted by Crippen LogP contribution is 2.30. The number of benzene rings is 1. The molecule has 1 atom stereocenters. The van der Waals surface area contributed by atoms with Gasteiger partial charge in [0.05, 0.1) is 27.2 Å². The number of esters is 1. The van der Waals surface area contributed by atoms with Crippen LogP contribution in [-0.4, -0.2) is 50.7 Å². The number of nitrogens with zero attached hydrogens (tertiary/aromatic N) is 1. The Morgan fingerprint density at radius 3 is 2.22 bits per heavy atom. The Labute approximate surface area is 161 Å². The molecule has 1 aliphatic carbocycles. The van der Waals surface area contributed by atoms with Crippen LogP contribution in [0.5, 0.6) is 11.5 Å². The maximum atomic E-state index is 13.3. The molecule has 2 rings (SSSR count). The second kappa shape index (κ2) is 10.2. The maximum absolute atomic E-state index is 13.3. The number of carbonyl (C=O) groups excluding carboxylic acids is 2. The fourth-order valence-corrected chi connectivity index (χ4v) is 3.67. The smallest absolute Gasteiger partial charge is 0.310 e. The molecule has 150 valence electrons. The van der Waals surface area contributed by atoms with Gasteiger partial charge in [-0.05, 0) is 31.0 Å². The zero-order chi connectivity index (χ0) is 19.8. The summed E-state index contributed by atoms with van der Waals surface area (Å²) >= 11 is 0. The number of ether oxygens (including phenoxy) is 3. The highest BCUT2D eigenvalue weighted by Gasteiger charge is 2.29. The third kappa shape index (κ3) is 5.37. The van der Waals surface area contributed by atoms with Gasteiger partial charge in [0, 0.05) is 18.2 Å². The zero-order valence-electron chi connectivity index (χ0n) is 16.8. The predicted octanol–water partition coefficient (Wildman–Crippen LogP) is 3.68. The topological polar surface area (TPSA) is 65.1 Å². The van der Waals surface area contributed by atoms with Gasteiger partial charge in [-0.25, -0.2) is 0 Å². The Balaban J connectivity index is 2.30. The highest BCUT2D eigenvalue weighted by molar-refractivity contribution is 5.95. The van der Waals surface area contributed by atoms with Gasteiger partial charge in [-0.1, -0.05) is 32.6 Å². The van der Waals surface area contributed by atoms with E-state index in [2.05, 4.69) is 0 Å². The molecule has 0 saturated heterocycles. The van der Waals surface area contributed by atoms with E-state index in [1.54, 1.807) is 39.3 Å². The molecule has 27 heavy (non-hydrogen) atoms. The molecule has 1 saturated carbocycles. The summed E-state index contributed by atoms with van der Waals surface area (Å²) in [6.45, 7) is 2.15. The lowest BCUT2D eigenvalue weighted by Gasteiger charge is -2.33. The Morgan fingerprint density at radius 2 is 1.67 bits per heavy atom. The molecule has 0 N–H and O–H groups in total. The van der Waals surface area contributed by atoms with Crippen LogP contribution in [0.15, 0.2) is 18.2 Å². The first-order valence-electron chi connectivity index (χ1n) is 9.62. The van der Waals surface area contributed by atoms with Gasteiger partial charge in [-0.15, -0.1) is 0 Å². The molecule has 0 aliphatic heterocycles. The Kier molecular flexibility index (Phi) is 7.95. The highest BCUT2D eigenvalue weighted by atomic mass is 16.5. The summed E-state index contributed by atoms with van der Waals surface area (Å²) in [5, 5.41) is 0. The van der Waals surface area contributed by atoms with Gasteiger partial charge in [0.1, 0.15) is 0 Å². The van der Waals surface area contributed by atoms with E-state index in [-0.39, 0.29) is 23.8 Å². The van der Waals surface area contributed by atoms with Gasteiger partial charge < -0.3 is 19.1 Å². The lowest BCUT2D eigenvalue weighted by Crippen LogP contribution is -2.44. The molecular weight excluding hydrogens is 346 g/mol. The van der Waals surface area contributed by atoms with Crippen molar-refractivity contribution in [1.82, 2.24) is 4.90 Å². The van der Waals surface area contributed by atoms with Crippen LogP contribution in [0.25, 0.3) is 0 Å². The number of amides is 1. The standard InChI is InChI=1S/C21H31NO5/c1-15(21(24)27-4)14-22(17-9-7-5-6-8-10-17)20(23)16-11-12-18(25-2)19(13-16)26-3/h11-13,15,17H,5-10,14H2,1-4H3. The Morgan fingerprint density at radius 1 is 1.04 bits per heavy atom. The first kappa shape index (κ1) is 21.1. The molecule has 1 fully saturated rings. The second-order valence-electron chi connectivity index (χ2n) is 7.10. The average Bonchev–Trinajstić information content (AvgIpc) is 2.99. The number of carbonyl (C=O) groups is 2. The lowest BCUT2D eigenvalue weighted by atomic mass is 10.0. The number of rotatable bonds is 7. The molecule has 1 aromatic rings. The van der Waals surface area contributed by atoms with Gasteiger partial charge in [0.15, 0.2) is 11.5 Å². The van der Waals surface area contributed by atoms with Crippen molar-refractivity contribution in [3.63, 3.8) is 0 Å². The van der Waals surface area contributed by atoms with E-state index >= 15 is 0 Å². The maximum Gasteiger partial charge on any atom is 0.310 e. The molecule has 0 spiro atoms. The Hall–Kier alpha value is -2.24. The number of hydrogen-bond acceptors (Lipinski definition) is 5. The molecule has 1 amide bonds. The van der Waals surface area contributed by atoms with Gasteiger partial charge in [-0.3, -0.25) is 9.59 Å². The molecule has 6 heteroatoms. The van der Waals surface area contributed by atoms with Crippen LogP contribution in [0.1, 0.15) is 55.8 Å². The molecule has 1 unspecified atom stereocenters. The van der Waals surface area contributed by atoms with Crippen molar-refractivity contribution in [2.75, 3.05) is 27.9 Å². The van der Waals surface area contributed by atoms with E-state index in [9.17, 15) is 9.59 Å². The van der Waals surface area contributed by atoms with Crippen LogP contribution < -0.4 is 9.47 Å². The van der Waals surface area contributed by atoms with E-state index in [1.165, 1.54) is 20.0 Å². The minimum Gasteiger partial charge on any atom is -0.493 e. The summed E-state index contributed by atoms with van der Waals surface area (Å²) in [7, 11) is 4.49. The first-order valence-corrected chi connectivity index (χ1v) is 9.62. The van der Waals surface area contributed by atoms with E-state index in [1.807, 2.05) is 4.90 Å². The summed E-state index contributed by atoms with van der Waals surface area (Å²) in [6.07, 6.45) is 6.53. The molecule has 0 aromatic heterocycles. The monoisotopic (exact) mass is 377 g/mol. The van der Waals surface area contributed by atoms with E-state index in [0.717, 1.165) is 25.7 Å². The van der Waals surface area contributed by atoms with Crippen LogP contribution >= 0.6 is 0 Å². The van der Waals surface area contributed by atoms with E-state index < -0.39 is 0 Å². The van der Waals surface area contributed by atoms with Gasteiger partial charge >= 0.3 is 5.97 Å². The van der Waals surface area contributed by atoms with Crippen molar-refractivity contribution in [2.24, 2.45) is 5.92 Å². The van der Waals surface area contributed by atoms with Gasteiger partial charge in [0.2, 0.25) is 0 Å². The molecule has 0 radical (unpaired) electrons. The van der Waals surface area contributed by atoms with Crippen molar-refractivity contribution in [1.29, 1.82) is 0 Å². The van der Waals surface area contributed by atoms with Crippen LogP contribution in [0.4, 0.5) is 0 Å². The van der Waals surface area contributed by atoms with Crippen molar-refractivity contribution in [2.45, 2.75) is 51.5 Å². The van der Waals surface area contributed by atoms with Crippen LogP contribution in [0.3, 0.4) is 0 Å². The summed E-state index contributed by atoms with van der Waals surface area (Å²) in [4.78, 5) is 27.1. The van der Waals surface area contributed by atoms with E-state index in [0.29, 0.717) is 23.6 Å². The van der Waals surface area contributed by atoms with Crippen molar-refractivity contribution in [3.8, 4) is 11.5 Å². The first-order chi connectivity index (χ1) is 13.0. The fraction of sp³-hybridized carbons (Fsp3) is 0.619. The third-order valence-electron chi connectivity index (χ3n) is 5.23. The van der Waals surface area contributed by atoms with Crippen LogP contribution in [0, 0.1) is 5.92 Å². The average molecular weight is 377 g/mol. The summed E-state index contributed by atoms with van der Waals surface area (Å²) in [5.41, 5.74) is 0.536. The molecule has 6 nitrogen and oxygen atoms in total. The normalized spacial score (nSPS) is 16.1. The fourth-order valence-electron chi connectivity index (χ4n) is 3.67. The quantitative estimate of drug-likeness (QED) is 0.536. The molecule has 1 aliphatic rings. The molecule has 1 aromatic carbocycles. The van der Waals surface area contributed by atoms with Crippen molar-refractivity contribution >= 4 is 11.9 Å². The molecule has 0 bridgehead atoms. The third-order valence-corrected chi connectivity index (χ3v) is 5.23. The molecule has 0 heterocycles. The molecular formula is C21H31NO5. The van der Waals surface area contributed by atoms with Gasteiger partial charge in [-0.2, -0.15) is 0 Å². The minimum atomic E-state index is -0.373. The Bertz CT molecular complexity index is 637. The van der Waals surface area contributed by atoms with E-state index in [4.69, 9.17) is 14.2 Å². The second-order valence-corrected chi connectivity index (χ2v) is 7.10. The summed E-state index contributed by atoms with van der Waals surface area (Å²) in [6, 6.07) is 5.32. The summed E-state index contributed by atoms with van der Waals surface area (Å²) in [5.74, 6) is 0.345. The summed E-state index contributed by atoms with van der Waals surface area (Å²) < 4.78 is 15.5. The zero-order valence-corrected chi connectivity index (χ0v) is 16.8. The van der Waals surface area contributed by atoms with Crippen LogP contribution in [-0.2, 0) is 9.53 Å². The lowest BCUT2D eigenvalue weighted by molar-refractivity contribution is -0.145. The van der Waals surface area contributed by atoms with Gasteiger partial charge in [0.25, 0.3) is 5.91 Å². The number of methoxy groups -OCH3 is 3. The van der Waals surface area contributed by atoms with Crippen molar-refractivity contribution in [3.05, 3.63) is 23.8 Å². The predicted molar refractivity (Wildman–Crippen MR) is 103 cm³/mol.